The highest BCUT2D eigenvalue weighted by Gasteiger charge is 2.11. The van der Waals surface area contributed by atoms with Gasteiger partial charge in [0.05, 0.1) is 18.8 Å². The number of hydrogen-bond acceptors (Lipinski definition) is 4. The summed E-state index contributed by atoms with van der Waals surface area (Å²) in [5, 5.41) is 0. The average molecular weight is 553 g/mol. The second-order valence-electron chi connectivity index (χ2n) is 11.2. The second-order valence-corrected chi connectivity index (χ2v) is 11.2. The van der Waals surface area contributed by atoms with E-state index in [2.05, 4.69) is 13.8 Å². The van der Waals surface area contributed by atoms with Gasteiger partial charge in [-0.15, -0.1) is 0 Å². The van der Waals surface area contributed by atoms with E-state index >= 15 is 0 Å². The van der Waals surface area contributed by atoms with Crippen LogP contribution in [0.4, 0.5) is 0 Å². The summed E-state index contributed by atoms with van der Waals surface area (Å²) < 4.78 is 17.4. The van der Waals surface area contributed by atoms with E-state index in [0.29, 0.717) is 17.9 Å². The van der Waals surface area contributed by atoms with Gasteiger partial charge in [-0.1, -0.05) is 117 Å². The summed E-state index contributed by atoms with van der Waals surface area (Å²) >= 11 is 0. The molecule has 0 aliphatic rings. The molecule has 0 unspecified atom stereocenters. The van der Waals surface area contributed by atoms with Crippen molar-refractivity contribution < 1.29 is 19.0 Å². The van der Waals surface area contributed by atoms with Crippen LogP contribution in [0, 0.1) is 6.92 Å². The Hall–Kier alpha value is -2.49. The third-order valence-electron chi connectivity index (χ3n) is 7.47. The molecule has 224 valence electrons. The Morgan fingerprint density at radius 3 is 1.50 bits per heavy atom. The van der Waals surface area contributed by atoms with Gasteiger partial charge in [0.15, 0.2) is 0 Å². The van der Waals surface area contributed by atoms with Crippen molar-refractivity contribution in [3.63, 3.8) is 0 Å². The monoisotopic (exact) mass is 552 g/mol. The summed E-state index contributed by atoms with van der Waals surface area (Å²) in [7, 11) is 0. The number of esters is 1. The Morgan fingerprint density at radius 2 is 1.00 bits per heavy atom. The number of hydrogen-bond donors (Lipinski definition) is 0. The van der Waals surface area contributed by atoms with Crippen LogP contribution in [0.1, 0.15) is 145 Å². The minimum absolute atomic E-state index is 0.364. The maximum absolute atomic E-state index is 12.7. The fourth-order valence-electron chi connectivity index (χ4n) is 4.91. The van der Waals surface area contributed by atoms with Crippen LogP contribution in [0.2, 0.25) is 0 Å². The van der Waals surface area contributed by atoms with Crippen LogP contribution in [0.15, 0.2) is 42.5 Å². The van der Waals surface area contributed by atoms with Crippen molar-refractivity contribution >= 4 is 5.97 Å². The molecule has 0 heterocycles. The molecule has 0 N–H and O–H groups in total. The summed E-state index contributed by atoms with van der Waals surface area (Å²) in [5.41, 5.74) is 1.47. The van der Waals surface area contributed by atoms with Crippen molar-refractivity contribution in [3.05, 3.63) is 53.6 Å². The highest BCUT2D eigenvalue weighted by molar-refractivity contribution is 5.91. The van der Waals surface area contributed by atoms with Gasteiger partial charge in [0.2, 0.25) is 0 Å². The summed E-state index contributed by atoms with van der Waals surface area (Å²) in [6, 6.07) is 12.8. The van der Waals surface area contributed by atoms with Gasteiger partial charge >= 0.3 is 5.97 Å². The molecular formula is C36H56O4. The van der Waals surface area contributed by atoms with Gasteiger partial charge in [-0.25, -0.2) is 4.79 Å². The number of benzene rings is 2. The molecule has 0 saturated carbocycles. The number of carbonyl (C=O) groups is 1. The zero-order valence-corrected chi connectivity index (χ0v) is 25.8. The molecule has 0 aromatic heterocycles. The normalized spacial score (nSPS) is 11.0. The highest BCUT2D eigenvalue weighted by atomic mass is 16.5. The molecule has 2 rings (SSSR count). The Bertz CT molecular complexity index is 906. The maximum Gasteiger partial charge on any atom is 0.343 e. The predicted octanol–water partition coefficient (Wildman–Crippen LogP) is 11.0. The number of aryl methyl sites for hydroxylation is 1. The van der Waals surface area contributed by atoms with Crippen LogP contribution in [0.3, 0.4) is 0 Å². The van der Waals surface area contributed by atoms with Crippen LogP contribution in [-0.2, 0) is 0 Å². The minimum Gasteiger partial charge on any atom is -0.494 e. The van der Waals surface area contributed by atoms with Gasteiger partial charge in [-0.05, 0) is 67.8 Å². The van der Waals surface area contributed by atoms with Crippen LogP contribution in [0.5, 0.6) is 17.2 Å². The standard InChI is InChI=1S/C36H56O4/c1-4-6-8-10-12-14-15-17-18-20-28-38-33-23-25-34(26-24-33)40-36(37)32-22-27-35(31(3)30-32)39-29-21-19-16-13-11-9-7-5-2/h22-27,30H,4-21,28-29H2,1-3H3. The molecule has 4 heteroatoms. The molecule has 0 aliphatic heterocycles. The van der Waals surface area contributed by atoms with Gasteiger partial charge in [0, 0.05) is 0 Å². The molecule has 0 radical (unpaired) electrons. The van der Waals surface area contributed by atoms with Crippen molar-refractivity contribution in [2.75, 3.05) is 13.2 Å². The molecule has 0 fully saturated rings. The summed E-state index contributed by atoms with van der Waals surface area (Å²) in [6.45, 7) is 7.93. The first-order valence-corrected chi connectivity index (χ1v) is 16.3. The molecule has 0 spiro atoms. The Morgan fingerprint density at radius 1 is 0.550 bits per heavy atom. The lowest BCUT2D eigenvalue weighted by Gasteiger charge is -2.11. The van der Waals surface area contributed by atoms with Gasteiger partial charge in [0.25, 0.3) is 0 Å². The van der Waals surface area contributed by atoms with Crippen LogP contribution in [-0.4, -0.2) is 19.2 Å². The van der Waals surface area contributed by atoms with E-state index < -0.39 is 0 Å². The first-order chi connectivity index (χ1) is 19.6. The van der Waals surface area contributed by atoms with E-state index in [1.165, 1.54) is 103 Å². The van der Waals surface area contributed by atoms with Crippen molar-refractivity contribution in [1.29, 1.82) is 0 Å². The summed E-state index contributed by atoms with van der Waals surface area (Å²) in [5.74, 6) is 1.80. The zero-order chi connectivity index (χ0) is 28.7. The van der Waals surface area contributed by atoms with Crippen LogP contribution in [0.25, 0.3) is 0 Å². The lowest BCUT2D eigenvalue weighted by molar-refractivity contribution is 0.0734. The van der Waals surface area contributed by atoms with E-state index in [4.69, 9.17) is 14.2 Å². The predicted molar refractivity (Wildman–Crippen MR) is 168 cm³/mol. The van der Waals surface area contributed by atoms with Crippen molar-refractivity contribution in [1.82, 2.24) is 0 Å². The van der Waals surface area contributed by atoms with E-state index in [0.717, 1.165) is 36.5 Å². The molecule has 4 nitrogen and oxygen atoms in total. The molecule has 2 aromatic rings. The summed E-state index contributed by atoms with van der Waals surface area (Å²) in [6.07, 6.45) is 23.4. The Kier molecular flexibility index (Phi) is 18.7. The second kappa shape index (κ2) is 22.2. The molecule has 0 amide bonds. The van der Waals surface area contributed by atoms with Gasteiger partial charge in [0.1, 0.15) is 17.2 Å². The van der Waals surface area contributed by atoms with Crippen molar-refractivity contribution in [3.8, 4) is 17.2 Å². The lowest BCUT2D eigenvalue weighted by Crippen LogP contribution is -2.09. The zero-order valence-electron chi connectivity index (χ0n) is 25.8. The highest BCUT2D eigenvalue weighted by Crippen LogP contribution is 2.23. The fourth-order valence-corrected chi connectivity index (χ4v) is 4.91. The van der Waals surface area contributed by atoms with Crippen molar-refractivity contribution in [2.24, 2.45) is 0 Å². The Balaban J connectivity index is 1.59. The van der Waals surface area contributed by atoms with Crippen LogP contribution < -0.4 is 14.2 Å². The van der Waals surface area contributed by atoms with E-state index in [-0.39, 0.29) is 5.97 Å². The lowest BCUT2D eigenvalue weighted by atomic mass is 10.1. The third kappa shape index (κ3) is 15.3. The van der Waals surface area contributed by atoms with E-state index in [1.54, 1.807) is 18.2 Å². The number of unbranched alkanes of at least 4 members (excludes halogenated alkanes) is 16. The number of rotatable bonds is 24. The van der Waals surface area contributed by atoms with Gasteiger partial charge in [-0.3, -0.25) is 0 Å². The van der Waals surface area contributed by atoms with Gasteiger partial charge in [-0.2, -0.15) is 0 Å². The molecule has 0 atom stereocenters. The quantitative estimate of drug-likeness (QED) is 0.0738. The third-order valence-corrected chi connectivity index (χ3v) is 7.47. The maximum atomic E-state index is 12.7. The molecule has 0 aliphatic carbocycles. The molecule has 0 bridgehead atoms. The van der Waals surface area contributed by atoms with E-state index in [9.17, 15) is 4.79 Å². The summed E-state index contributed by atoms with van der Waals surface area (Å²) in [4.78, 5) is 12.7. The first kappa shape index (κ1) is 33.7. The van der Waals surface area contributed by atoms with E-state index in [1.807, 2.05) is 31.2 Å². The fraction of sp³-hybridized carbons (Fsp3) is 0.639. The topological polar surface area (TPSA) is 44.8 Å². The van der Waals surface area contributed by atoms with Crippen LogP contribution >= 0.6 is 0 Å². The molecular weight excluding hydrogens is 496 g/mol. The number of ether oxygens (including phenoxy) is 3. The molecule has 0 saturated heterocycles. The average Bonchev–Trinajstić information content (AvgIpc) is 2.96. The first-order valence-electron chi connectivity index (χ1n) is 16.3. The molecule has 2 aromatic carbocycles. The SMILES string of the molecule is CCCCCCCCCCCCOc1ccc(OC(=O)c2ccc(OCCCCCCCCCC)c(C)c2)cc1. The molecule has 40 heavy (non-hydrogen) atoms. The largest absolute Gasteiger partial charge is 0.494 e. The van der Waals surface area contributed by atoms with Crippen molar-refractivity contribution in [2.45, 2.75) is 136 Å². The minimum atomic E-state index is -0.364. The smallest absolute Gasteiger partial charge is 0.343 e. The Labute approximate surface area is 245 Å². The number of carbonyl (C=O) groups excluding carboxylic acids is 1. The van der Waals surface area contributed by atoms with Gasteiger partial charge < -0.3 is 14.2 Å².